The van der Waals surface area contributed by atoms with Crippen LogP contribution in [-0.4, -0.2) is 72.6 Å². The van der Waals surface area contributed by atoms with Crippen molar-refractivity contribution in [2.24, 2.45) is 0 Å². The highest BCUT2D eigenvalue weighted by molar-refractivity contribution is 5.01. The molecule has 0 aliphatic carbocycles. The van der Waals surface area contributed by atoms with E-state index in [1.807, 2.05) is 13.8 Å². The fourth-order valence-corrected chi connectivity index (χ4v) is 2.76. The van der Waals surface area contributed by atoms with Gasteiger partial charge < -0.3 is 33.9 Å². The van der Waals surface area contributed by atoms with Crippen LogP contribution in [0.5, 0.6) is 0 Å². The molecule has 22 heavy (non-hydrogen) atoms. The average Bonchev–Trinajstić information content (AvgIpc) is 2.48. The second-order valence-corrected chi connectivity index (χ2v) is 6.16. The Kier molecular flexibility index (Phi) is 5.28. The van der Waals surface area contributed by atoms with Crippen LogP contribution in [0.2, 0.25) is 0 Å². The fourth-order valence-electron chi connectivity index (χ4n) is 2.76. The van der Waals surface area contributed by atoms with Gasteiger partial charge in [0.05, 0.1) is 13.2 Å². The van der Waals surface area contributed by atoms with Crippen molar-refractivity contribution in [3.63, 3.8) is 0 Å². The number of aliphatic hydroxyl groups excluding tert-OH is 2. The Hall–Kier alpha value is -0.540. The molecule has 7 heteroatoms. The molecule has 2 N–H and O–H groups in total. The predicted molar refractivity (Wildman–Crippen MR) is 77.1 cm³/mol. The van der Waals surface area contributed by atoms with Crippen LogP contribution in [0.25, 0.3) is 0 Å². The topological polar surface area (TPSA) is 86.6 Å². The molecule has 0 radical (unpaired) electrons. The number of aliphatic hydroxyl groups is 2. The summed E-state index contributed by atoms with van der Waals surface area (Å²) in [6, 6.07) is 0. The summed E-state index contributed by atoms with van der Waals surface area (Å²) >= 11 is 0. The van der Waals surface area contributed by atoms with Crippen molar-refractivity contribution in [1.29, 1.82) is 0 Å². The van der Waals surface area contributed by atoms with Crippen molar-refractivity contribution in [3.05, 3.63) is 12.7 Å². The standard InChI is InChI=1S/C15H26O7/c1-6-7-19-13-10(17)12-11(9(8-16)20-13)21-14(2,3)15(4,18-5)22-12/h6,9-13,16-17H,1,7-8H2,2-5H3/t9-,10-,11-,12-,13?,15+/m1/s1. The van der Waals surface area contributed by atoms with Crippen molar-refractivity contribution in [2.75, 3.05) is 20.3 Å². The van der Waals surface area contributed by atoms with Crippen LogP contribution < -0.4 is 0 Å². The highest BCUT2D eigenvalue weighted by Crippen LogP contribution is 2.42. The van der Waals surface area contributed by atoms with Crippen LogP contribution in [-0.2, 0) is 23.7 Å². The second-order valence-electron chi connectivity index (χ2n) is 6.16. The monoisotopic (exact) mass is 318 g/mol. The van der Waals surface area contributed by atoms with Crippen LogP contribution in [0.3, 0.4) is 0 Å². The molecule has 0 amide bonds. The lowest BCUT2D eigenvalue weighted by Gasteiger charge is -2.56. The number of methoxy groups -OCH3 is 1. The number of rotatable bonds is 5. The van der Waals surface area contributed by atoms with E-state index >= 15 is 0 Å². The lowest BCUT2D eigenvalue weighted by molar-refractivity contribution is -0.431. The smallest absolute Gasteiger partial charge is 0.194 e. The Labute approximate surface area is 130 Å². The summed E-state index contributed by atoms with van der Waals surface area (Å²) < 4.78 is 28.5. The third-order valence-corrected chi connectivity index (χ3v) is 4.45. The maximum absolute atomic E-state index is 10.5. The van der Waals surface area contributed by atoms with Crippen molar-refractivity contribution >= 4 is 0 Å². The van der Waals surface area contributed by atoms with E-state index in [2.05, 4.69) is 6.58 Å². The Balaban J connectivity index is 2.25. The molecule has 0 bridgehead atoms. The third kappa shape index (κ3) is 2.94. The van der Waals surface area contributed by atoms with Gasteiger partial charge in [0, 0.05) is 7.11 Å². The molecule has 0 aromatic rings. The number of fused-ring (bicyclic) bond motifs is 1. The minimum absolute atomic E-state index is 0.213. The number of ether oxygens (including phenoxy) is 5. The van der Waals surface area contributed by atoms with Gasteiger partial charge in [0.15, 0.2) is 12.1 Å². The van der Waals surface area contributed by atoms with Gasteiger partial charge >= 0.3 is 0 Å². The Morgan fingerprint density at radius 1 is 1.23 bits per heavy atom. The molecule has 2 saturated heterocycles. The molecule has 0 saturated carbocycles. The molecule has 2 fully saturated rings. The van der Waals surface area contributed by atoms with Gasteiger partial charge in [0.1, 0.15) is 30.0 Å². The van der Waals surface area contributed by atoms with Gasteiger partial charge in [-0.25, -0.2) is 0 Å². The normalized spacial score (nSPS) is 44.4. The highest BCUT2D eigenvalue weighted by atomic mass is 16.8. The van der Waals surface area contributed by atoms with Crippen LogP contribution in [0.1, 0.15) is 20.8 Å². The molecule has 2 aliphatic rings. The minimum Gasteiger partial charge on any atom is -0.394 e. The molecule has 2 aliphatic heterocycles. The first-order chi connectivity index (χ1) is 10.3. The molecule has 2 rings (SSSR count). The van der Waals surface area contributed by atoms with Crippen molar-refractivity contribution in [1.82, 2.24) is 0 Å². The maximum atomic E-state index is 10.5. The summed E-state index contributed by atoms with van der Waals surface area (Å²) in [7, 11) is 1.52. The van der Waals surface area contributed by atoms with Gasteiger partial charge in [-0.05, 0) is 20.8 Å². The highest BCUT2D eigenvalue weighted by Gasteiger charge is 2.59. The second kappa shape index (κ2) is 6.52. The average molecular weight is 318 g/mol. The van der Waals surface area contributed by atoms with E-state index < -0.39 is 42.1 Å². The predicted octanol–water partition coefficient (Wildman–Crippen LogP) is 0.192. The van der Waals surface area contributed by atoms with E-state index in [0.717, 1.165) is 0 Å². The molecule has 0 aromatic heterocycles. The zero-order chi connectivity index (χ0) is 16.5. The Morgan fingerprint density at radius 2 is 1.91 bits per heavy atom. The third-order valence-electron chi connectivity index (χ3n) is 4.45. The molecule has 0 spiro atoms. The summed E-state index contributed by atoms with van der Waals surface area (Å²) in [4.78, 5) is 0. The molecular weight excluding hydrogens is 292 g/mol. The first-order valence-corrected chi connectivity index (χ1v) is 7.37. The van der Waals surface area contributed by atoms with Crippen molar-refractivity contribution < 1.29 is 33.9 Å². The lowest BCUT2D eigenvalue weighted by atomic mass is 9.90. The summed E-state index contributed by atoms with van der Waals surface area (Å²) in [5.41, 5.74) is -0.784. The Morgan fingerprint density at radius 3 is 2.45 bits per heavy atom. The van der Waals surface area contributed by atoms with E-state index in [1.54, 1.807) is 13.0 Å². The van der Waals surface area contributed by atoms with E-state index in [-0.39, 0.29) is 13.2 Å². The molecular formula is C15H26O7. The van der Waals surface area contributed by atoms with Gasteiger partial charge in [-0.15, -0.1) is 6.58 Å². The zero-order valence-electron chi connectivity index (χ0n) is 13.5. The fraction of sp³-hybridized carbons (Fsp3) is 0.867. The SMILES string of the molecule is C=CCOC1O[C@H](CO)[C@H]2OC(C)(C)[C@@](C)(OC)O[C@@H]2[C@H]1O. The van der Waals surface area contributed by atoms with E-state index in [0.29, 0.717) is 0 Å². The van der Waals surface area contributed by atoms with Crippen molar-refractivity contribution in [2.45, 2.75) is 62.9 Å². The van der Waals surface area contributed by atoms with Crippen LogP contribution in [0.15, 0.2) is 12.7 Å². The zero-order valence-corrected chi connectivity index (χ0v) is 13.5. The summed E-state index contributed by atoms with van der Waals surface area (Å²) in [6.07, 6.45) is -2.47. The summed E-state index contributed by atoms with van der Waals surface area (Å²) in [6.45, 7) is 8.90. The van der Waals surface area contributed by atoms with E-state index in [4.69, 9.17) is 23.7 Å². The first kappa shape index (κ1) is 17.8. The quantitative estimate of drug-likeness (QED) is 0.700. The van der Waals surface area contributed by atoms with Gasteiger partial charge in [-0.1, -0.05) is 6.08 Å². The number of hydrogen-bond donors (Lipinski definition) is 2. The van der Waals surface area contributed by atoms with Crippen LogP contribution in [0.4, 0.5) is 0 Å². The van der Waals surface area contributed by atoms with Gasteiger partial charge in [0.25, 0.3) is 0 Å². The van der Waals surface area contributed by atoms with Crippen LogP contribution in [0, 0.1) is 0 Å². The largest absolute Gasteiger partial charge is 0.394 e. The maximum Gasteiger partial charge on any atom is 0.194 e. The molecule has 7 nitrogen and oxygen atoms in total. The lowest BCUT2D eigenvalue weighted by Crippen LogP contribution is -2.71. The van der Waals surface area contributed by atoms with E-state index in [9.17, 15) is 10.2 Å². The number of hydrogen-bond acceptors (Lipinski definition) is 7. The summed E-state index contributed by atoms with van der Waals surface area (Å²) in [5.74, 6) is -1.05. The van der Waals surface area contributed by atoms with Gasteiger partial charge in [-0.2, -0.15) is 0 Å². The van der Waals surface area contributed by atoms with E-state index in [1.165, 1.54) is 7.11 Å². The molecule has 0 aromatic carbocycles. The minimum atomic E-state index is -1.07. The molecule has 1 unspecified atom stereocenters. The van der Waals surface area contributed by atoms with Gasteiger partial charge in [0.2, 0.25) is 0 Å². The van der Waals surface area contributed by atoms with Gasteiger partial charge in [-0.3, -0.25) is 0 Å². The molecule has 2 heterocycles. The molecule has 128 valence electrons. The van der Waals surface area contributed by atoms with Crippen LogP contribution >= 0.6 is 0 Å². The summed E-state index contributed by atoms with van der Waals surface area (Å²) in [5, 5.41) is 20.0. The van der Waals surface area contributed by atoms with Crippen molar-refractivity contribution in [3.8, 4) is 0 Å². The Bertz CT molecular complexity index is 399. The first-order valence-electron chi connectivity index (χ1n) is 7.37. The molecule has 6 atom stereocenters.